The van der Waals surface area contributed by atoms with Crippen LogP contribution in [-0.4, -0.2) is 43.3 Å². The average molecular weight is 327 g/mol. The Bertz CT molecular complexity index is 876. The number of piperidine rings is 1. The molecule has 0 bridgehead atoms. The highest BCUT2D eigenvalue weighted by Gasteiger charge is 2.38. The third-order valence-corrected chi connectivity index (χ3v) is 4.12. The minimum absolute atomic E-state index is 0.0556. The Morgan fingerprint density at radius 1 is 1.35 bits per heavy atom. The van der Waals surface area contributed by atoms with Crippen LogP contribution in [0, 0.1) is 11.8 Å². The fourth-order valence-corrected chi connectivity index (χ4v) is 3.05. The summed E-state index contributed by atoms with van der Waals surface area (Å²) in [4.78, 5) is 0.958. The maximum absolute atomic E-state index is 11.1. The first-order valence-corrected chi connectivity index (χ1v) is 7.75. The van der Waals surface area contributed by atoms with Gasteiger partial charge in [0.15, 0.2) is 11.5 Å². The van der Waals surface area contributed by atoms with Crippen LogP contribution in [0.2, 0.25) is 0 Å². The number of hydrogen-bond acceptors (Lipinski definition) is 4. The van der Waals surface area contributed by atoms with Crippen molar-refractivity contribution in [2.75, 3.05) is 27.3 Å². The van der Waals surface area contributed by atoms with E-state index in [-0.39, 0.29) is 35.0 Å². The van der Waals surface area contributed by atoms with Gasteiger partial charge in [-0.05, 0) is 54.2 Å². The second kappa shape index (κ2) is 6.70. The summed E-state index contributed by atoms with van der Waals surface area (Å²) in [6.07, 6.45) is -8.34. The van der Waals surface area contributed by atoms with Crippen LogP contribution in [0.5, 0.6) is 11.5 Å². The van der Waals surface area contributed by atoms with Crippen LogP contribution in [0.15, 0.2) is 12.1 Å². The largest absolute Gasteiger partial charge is 0.493 e. The molecule has 1 N–H and O–H groups in total. The standard InChI is InChI=1S/C19H29NO3/c1-12(2)7-14-11-20-6-5-13-8-18(22-3)19(23-4)9-15(13)16(20)10-17(14)21/h8-9,12,14,16-17,21H,5-7,10-11H2,1-4H3/t14-,16-,17+/m0/s1/i5D2,6D2,10D2,14D,17D. The summed E-state index contributed by atoms with van der Waals surface area (Å²) in [6.45, 7) is 0.294. The molecule has 0 radical (unpaired) electrons. The van der Waals surface area contributed by atoms with E-state index in [0.717, 1.165) is 4.90 Å². The summed E-state index contributed by atoms with van der Waals surface area (Å²) < 4.78 is 79.8. The van der Waals surface area contributed by atoms with E-state index in [1.54, 1.807) is 13.8 Å². The first-order chi connectivity index (χ1) is 14.0. The molecule has 0 aromatic heterocycles. The van der Waals surface area contributed by atoms with Gasteiger partial charge < -0.3 is 14.6 Å². The Morgan fingerprint density at radius 2 is 2.04 bits per heavy atom. The minimum atomic E-state index is -2.88. The predicted octanol–water partition coefficient (Wildman–Crippen LogP) is 3.03. The van der Waals surface area contributed by atoms with Gasteiger partial charge in [-0.1, -0.05) is 13.8 Å². The first kappa shape index (κ1) is 9.28. The monoisotopic (exact) mass is 327 g/mol. The molecule has 2 heterocycles. The van der Waals surface area contributed by atoms with E-state index in [1.165, 1.54) is 26.4 Å². The van der Waals surface area contributed by atoms with Crippen LogP contribution < -0.4 is 9.47 Å². The van der Waals surface area contributed by atoms with E-state index in [2.05, 4.69) is 0 Å². The maximum Gasteiger partial charge on any atom is 0.161 e. The Hall–Kier alpha value is -1.26. The molecule has 2 aliphatic rings. The number of benzene rings is 1. The van der Waals surface area contributed by atoms with Crippen LogP contribution in [0.4, 0.5) is 0 Å². The van der Waals surface area contributed by atoms with Gasteiger partial charge in [-0.3, -0.25) is 4.90 Å². The van der Waals surface area contributed by atoms with Crippen LogP contribution in [0.25, 0.3) is 0 Å². The van der Waals surface area contributed by atoms with Crippen LogP contribution in [-0.2, 0) is 6.37 Å². The van der Waals surface area contributed by atoms with Crippen molar-refractivity contribution in [2.24, 2.45) is 11.8 Å². The molecule has 0 amide bonds. The molecule has 4 heteroatoms. The van der Waals surface area contributed by atoms with Gasteiger partial charge in [0.05, 0.1) is 21.7 Å². The van der Waals surface area contributed by atoms with Crippen molar-refractivity contribution in [2.45, 2.75) is 45.1 Å². The Balaban J connectivity index is 2.35. The Morgan fingerprint density at radius 3 is 2.70 bits per heavy atom. The summed E-state index contributed by atoms with van der Waals surface area (Å²) >= 11 is 0. The number of aliphatic hydroxyl groups is 1. The van der Waals surface area contributed by atoms with Crippen molar-refractivity contribution in [3.8, 4) is 11.5 Å². The second-order valence-corrected chi connectivity index (χ2v) is 6.26. The second-order valence-electron chi connectivity index (χ2n) is 6.26. The van der Waals surface area contributed by atoms with E-state index in [9.17, 15) is 5.11 Å². The molecule has 4 nitrogen and oxygen atoms in total. The van der Waals surface area contributed by atoms with Crippen LogP contribution in [0.3, 0.4) is 0 Å². The molecule has 23 heavy (non-hydrogen) atoms. The van der Waals surface area contributed by atoms with E-state index in [1.807, 2.05) is 0 Å². The Kier molecular flexibility index (Phi) is 2.70. The topological polar surface area (TPSA) is 41.9 Å². The highest BCUT2D eigenvalue weighted by molar-refractivity contribution is 5.49. The molecule has 3 rings (SSSR count). The lowest BCUT2D eigenvalue weighted by Gasteiger charge is -2.46. The van der Waals surface area contributed by atoms with Gasteiger partial charge in [-0.15, -0.1) is 0 Å². The molecule has 1 fully saturated rings. The van der Waals surface area contributed by atoms with E-state index < -0.39 is 43.8 Å². The zero-order valence-corrected chi connectivity index (χ0v) is 13.9. The average Bonchev–Trinajstić information content (AvgIpc) is 2.63. The predicted molar refractivity (Wildman–Crippen MR) is 91.1 cm³/mol. The number of ether oxygens (including phenoxy) is 2. The number of fused-ring (bicyclic) bond motifs is 3. The number of rotatable bonds is 4. The lowest BCUT2D eigenvalue weighted by molar-refractivity contribution is -0.0191. The van der Waals surface area contributed by atoms with Gasteiger partial charge in [-0.25, -0.2) is 0 Å². The molecule has 0 unspecified atom stereocenters. The van der Waals surface area contributed by atoms with Gasteiger partial charge in [-0.2, -0.15) is 0 Å². The zero-order chi connectivity index (χ0) is 23.8. The molecular weight excluding hydrogens is 290 g/mol. The SMILES string of the molecule is [2H]C1([2H])c2cc(OC)c(OC)cc2[C@H]2N(C[C@]([2H])(CC(C)C)[C@]([2H])(O)C2([2H])[2H])C1([2H])[2H]. The normalized spacial score (nSPS) is 45.6. The van der Waals surface area contributed by atoms with Gasteiger partial charge in [0, 0.05) is 28.7 Å². The minimum Gasteiger partial charge on any atom is -0.493 e. The van der Waals surface area contributed by atoms with E-state index in [0.29, 0.717) is 0 Å². The van der Waals surface area contributed by atoms with Gasteiger partial charge >= 0.3 is 0 Å². The number of aryl methyl sites for hydroxylation is 1. The summed E-state index contributed by atoms with van der Waals surface area (Å²) in [7, 11) is 2.72. The molecular formula is C19H29NO3. The van der Waals surface area contributed by atoms with Gasteiger partial charge in [0.2, 0.25) is 0 Å². The number of hydrogen-bond donors (Lipinski definition) is 1. The number of methoxy groups -OCH3 is 2. The van der Waals surface area contributed by atoms with Gasteiger partial charge in [0.1, 0.15) is 0 Å². The molecule has 1 aromatic carbocycles. The maximum atomic E-state index is 11.1. The van der Waals surface area contributed by atoms with Crippen molar-refractivity contribution in [3.63, 3.8) is 0 Å². The highest BCUT2D eigenvalue weighted by Crippen LogP contribution is 2.43. The summed E-state index contributed by atoms with van der Waals surface area (Å²) in [5, 5.41) is 11.1. The van der Waals surface area contributed by atoms with Gasteiger partial charge in [0.25, 0.3) is 0 Å². The van der Waals surface area contributed by atoms with Crippen molar-refractivity contribution < 1.29 is 25.5 Å². The summed E-state index contributed by atoms with van der Waals surface area (Å²) in [5.74, 6) is -1.92. The summed E-state index contributed by atoms with van der Waals surface area (Å²) in [5.41, 5.74) is -0.0857. The third-order valence-electron chi connectivity index (χ3n) is 4.12. The molecule has 1 saturated heterocycles. The highest BCUT2D eigenvalue weighted by atomic mass is 16.5. The quantitative estimate of drug-likeness (QED) is 0.923. The van der Waals surface area contributed by atoms with E-state index in [4.69, 9.17) is 20.4 Å². The fraction of sp³-hybridized carbons (Fsp3) is 0.684. The molecule has 128 valence electrons. The lowest BCUT2D eigenvalue weighted by Crippen LogP contribution is -2.48. The van der Waals surface area contributed by atoms with Crippen molar-refractivity contribution in [3.05, 3.63) is 23.3 Å². The van der Waals surface area contributed by atoms with Crippen molar-refractivity contribution >= 4 is 0 Å². The molecule has 0 spiro atoms. The smallest absolute Gasteiger partial charge is 0.161 e. The first-order valence-electron chi connectivity index (χ1n) is 11.7. The fourth-order valence-electron chi connectivity index (χ4n) is 3.05. The van der Waals surface area contributed by atoms with Crippen LogP contribution >= 0.6 is 0 Å². The zero-order valence-electron chi connectivity index (χ0n) is 21.9. The molecule has 0 saturated carbocycles. The molecule has 1 aromatic rings. The Labute approximate surface area is 150 Å². The molecule has 0 aliphatic carbocycles. The van der Waals surface area contributed by atoms with Crippen molar-refractivity contribution in [1.82, 2.24) is 4.90 Å². The number of nitrogens with zero attached hydrogens (tertiary/aromatic N) is 1. The van der Waals surface area contributed by atoms with Crippen molar-refractivity contribution in [1.29, 1.82) is 0 Å². The third kappa shape index (κ3) is 3.20. The van der Waals surface area contributed by atoms with Crippen LogP contribution in [0.1, 0.15) is 54.8 Å². The molecule has 2 aliphatic heterocycles. The molecule has 3 atom stereocenters. The van der Waals surface area contributed by atoms with E-state index >= 15 is 0 Å². The lowest BCUT2D eigenvalue weighted by atomic mass is 9.79. The summed E-state index contributed by atoms with van der Waals surface area (Å²) in [6, 6.07) is 1.12.